The number of hydrogen-bond donors (Lipinski definition) is 2. The first-order valence-corrected chi connectivity index (χ1v) is 38.2. The molecule has 0 radical (unpaired) electrons. The molecule has 0 fully saturated rings. The third kappa shape index (κ3) is 13.9. The second-order valence-corrected chi connectivity index (χ2v) is 44.9. The van der Waals surface area contributed by atoms with Gasteiger partial charge in [0, 0.05) is 0 Å². The van der Waals surface area contributed by atoms with Crippen molar-refractivity contribution < 1.29 is 39.0 Å². The van der Waals surface area contributed by atoms with E-state index in [0.29, 0.717) is 0 Å². The van der Waals surface area contributed by atoms with Crippen LogP contribution in [0.2, 0.25) is 105 Å². The minimum atomic E-state index is -2.69. The second-order valence-electron chi connectivity index (χ2n) is 15.2. The summed E-state index contributed by atoms with van der Waals surface area (Å²) in [5.74, 6) is 0.489. The van der Waals surface area contributed by atoms with Gasteiger partial charge in [0.25, 0.3) is 0 Å². The lowest BCUT2D eigenvalue weighted by Gasteiger charge is -2.44. The van der Waals surface area contributed by atoms with Crippen LogP contribution in [0, 0.1) is 0 Å². The van der Waals surface area contributed by atoms with Gasteiger partial charge >= 0.3 is 51.4 Å². The zero-order valence-corrected chi connectivity index (χ0v) is 38.4. The molecule has 2 aromatic carbocycles. The molecule has 0 atom stereocenters. The highest BCUT2D eigenvalue weighted by molar-refractivity contribution is 6.95. The van der Waals surface area contributed by atoms with Crippen molar-refractivity contribution in [3.63, 3.8) is 0 Å². The van der Waals surface area contributed by atoms with Gasteiger partial charge in [0.15, 0.2) is 0 Å². The van der Waals surface area contributed by atoms with Crippen LogP contribution < -0.4 is 10.4 Å². The van der Waals surface area contributed by atoms with Crippen LogP contribution in [0.5, 0.6) is 11.5 Å². The Morgan fingerprint density at radius 2 is 0.489 bits per heavy atom. The number of hydrogen-bond acceptors (Lipinski definition) is 9. The predicted octanol–water partition coefficient (Wildman–Crippen LogP) is 6.95. The van der Waals surface area contributed by atoms with Crippen molar-refractivity contribution in [2.45, 2.75) is 105 Å². The largest absolute Gasteiger partial charge is 0.508 e. The van der Waals surface area contributed by atoms with E-state index in [1.54, 1.807) is 24.3 Å². The lowest BCUT2D eigenvalue weighted by atomic mass is 10.3. The van der Waals surface area contributed by atoms with Crippen LogP contribution in [0.25, 0.3) is 0 Å². The lowest BCUT2D eigenvalue weighted by molar-refractivity contribution is 0.265. The molecule has 0 aromatic heterocycles. The van der Waals surface area contributed by atoms with Crippen LogP contribution >= 0.6 is 0 Å². The van der Waals surface area contributed by atoms with Gasteiger partial charge in [-0.2, -0.15) is 0 Å². The number of aromatic hydroxyl groups is 2. The van der Waals surface area contributed by atoms with Crippen LogP contribution in [0.4, 0.5) is 0 Å². The van der Waals surface area contributed by atoms with Crippen LogP contribution in [0.1, 0.15) is 0 Å². The van der Waals surface area contributed by atoms with E-state index in [0.717, 1.165) is 10.4 Å². The highest BCUT2D eigenvalue weighted by atomic mass is 28.5. The molecule has 9 nitrogen and oxygen atoms in total. The fourth-order valence-corrected chi connectivity index (χ4v) is 45.8. The van der Waals surface area contributed by atoms with Crippen molar-refractivity contribution in [1.82, 2.24) is 0 Å². The fraction of sp³-hybridized carbons (Fsp3) is 0.571. The summed E-state index contributed by atoms with van der Waals surface area (Å²) in [4.78, 5) is 0. The van der Waals surface area contributed by atoms with Gasteiger partial charge in [0.1, 0.15) is 11.5 Å². The average Bonchev–Trinajstić information content (AvgIpc) is 2.73. The highest BCUT2D eigenvalue weighted by Crippen LogP contribution is 2.29. The zero-order valence-electron chi connectivity index (χ0n) is 30.4. The Bertz CT molecular complexity index is 1170. The molecule has 0 saturated heterocycles. The van der Waals surface area contributed by atoms with Crippen molar-refractivity contribution >= 4 is 78.4 Å². The molecular formula is C28H58O9Si8. The van der Waals surface area contributed by atoms with Crippen molar-refractivity contribution in [2.75, 3.05) is 0 Å². The van der Waals surface area contributed by atoms with Gasteiger partial charge in [0.05, 0.1) is 0 Å². The van der Waals surface area contributed by atoms with Crippen LogP contribution in [0.3, 0.4) is 0 Å². The molecule has 45 heavy (non-hydrogen) atoms. The van der Waals surface area contributed by atoms with Crippen molar-refractivity contribution in [3.8, 4) is 11.5 Å². The number of rotatable bonds is 16. The summed E-state index contributed by atoms with van der Waals surface area (Å²) in [5, 5.41) is 21.6. The SMILES string of the molecule is C[Si](C)(O[Si](C)(C)O[Si](C)(C)O[Si](C)(C)O[Si](C)(C)c1ccc(O)cc1)O[Si](C)(C)O[Si](C)(C)O[Si](C)(C)c1ccc(O)cc1. The third-order valence-electron chi connectivity index (χ3n) is 6.58. The molecule has 2 aromatic rings. The third-order valence-corrected chi connectivity index (χ3v) is 37.7. The Morgan fingerprint density at radius 1 is 0.311 bits per heavy atom. The highest BCUT2D eigenvalue weighted by Gasteiger charge is 2.49. The zero-order chi connectivity index (χ0) is 34.9. The minimum Gasteiger partial charge on any atom is -0.508 e. The summed E-state index contributed by atoms with van der Waals surface area (Å²) in [6, 6.07) is 14.6. The van der Waals surface area contributed by atoms with E-state index in [9.17, 15) is 10.2 Å². The molecule has 2 N–H and O–H groups in total. The smallest absolute Gasteiger partial charge is 0.314 e. The van der Waals surface area contributed by atoms with Crippen molar-refractivity contribution in [1.29, 1.82) is 0 Å². The topological polar surface area (TPSA) is 105 Å². The van der Waals surface area contributed by atoms with Gasteiger partial charge in [0.2, 0.25) is 16.6 Å². The quantitative estimate of drug-likeness (QED) is 0.176. The van der Waals surface area contributed by atoms with E-state index in [4.69, 9.17) is 28.8 Å². The summed E-state index contributed by atoms with van der Waals surface area (Å²) in [6.07, 6.45) is 0. The van der Waals surface area contributed by atoms with E-state index in [-0.39, 0.29) is 11.5 Å². The molecule has 17 heteroatoms. The summed E-state index contributed by atoms with van der Waals surface area (Å²) in [6.45, 7) is 33.3. The molecule has 0 aliphatic carbocycles. The van der Waals surface area contributed by atoms with Gasteiger partial charge in [-0.05, 0) is 139 Å². The first-order chi connectivity index (χ1) is 19.9. The summed E-state index contributed by atoms with van der Waals surface area (Å²) in [7, 11) is -20.5. The lowest BCUT2D eigenvalue weighted by Crippen LogP contribution is -2.62. The van der Waals surface area contributed by atoms with Gasteiger partial charge in [-0.1, -0.05) is 24.3 Å². The van der Waals surface area contributed by atoms with Crippen LogP contribution in [-0.4, -0.2) is 78.2 Å². The maximum absolute atomic E-state index is 9.72. The molecule has 0 aliphatic rings. The molecule has 0 unspecified atom stereocenters. The van der Waals surface area contributed by atoms with E-state index < -0.39 is 68.0 Å². The summed E-state index contributed by atoms with van der Waals surface area (Å²) < 4.78 is 47.2. The van der Waals surface area contributed by atoms with E-state index in [1.807, 2.05) is 24.3 Å². The van der Waals surface area contributed by atoms with Crippen LogP contribution in [0.15, 0.2) is 48.5 Å². The van der Waals surface area contributed by atoms with E-state index in [1.165, 1.54) is 0 Å². The summed E-state index contributed by atoms with van der Waals surface area (Å²) >= 11 is 0. The second kappa shape index (κ2) is 14.2. The molecule has 0 saturated carbocycles. The fourth-order valence-electron chi connectivity index (χ4n) is 6.16. The van der Waals surface area contributed by atoms with Gasteiger partial charge in [-0.25, -0.2) is 0 Å². The molecule has 0 bridgehead atoms. The average molecular weight is 763 g/mol. The predicted molar refractivity (Wildman–Crippen MR) is 203 cm³/mol. The maximum atomic E-state index is 9.72. The molecule has 0 amide bonds. The van der Waals surface area contributed by atoms with Crippen molar-refractivity contribution in [3.05, 3.63) is 48.5 Å². The first kappa shape index (κ1) is 40.7. The normalized spacial score (nSPS) is 14.6. The number of phenols is 2. The Balaban J connectivity index is 2.06. The van der Waals surface area contributed by atoms with Crippen molar-refractivity contribution in [2.24, 2.45) is 0 Å². The van der Waals surface area contributed by atoms with E-state index >= 15 is 0 Å². The Hall–Kier alpha value is -0.505. The van der Waals surface area contributed by atoms with E-state index in [2.05, 4.69) is 105 Å². The van der Waals surface area contributed by atoms with Gasteiger partial charge in [-0.15, -0.1) is 0 Å². The Morgan fingerprint density at radius 3 is 0.689 bits per heavy atom. The van der Waals surface area contributed by atoms with Gasteiger partial charge in [-0.3, -0.25) is 0 Å². The molecular weight excluding hydrogens is 705 g/mol. The minimum absolute atomic E-state index is 0.244. The van der Waals surface area contributed by atoms with Crippen LogP contribution in [-0.2, 0) is 28.8 Å². The number of benzene rings is 2. The monoisotopic (exact) mass is 762 g/mol. The molecule has 0 spiro atoms. The maximum Gasteiger partial charge on any atom is 0.314 e. The van der Waals surface area contributed by atoms with Gasteiger partial charge < -0.3 is 39.0 Å². The molecule has 256 valence electrons. The number of phenolic OH excluding ortho intramolecular Hbond substituents is 2. The molecule has 2 rings (SSSR count). The molecule has 0 aliphatic heterocycles. The summed E-state index contributed by atoms with van der Waals surface area (Å²) in [5.41, 5.74) is 0. The molecule has 0 heterocycles. The standard InChI is InChI=1S/C28H58O9Si8/c1-38(2,27-21-17-25(29)18-22-27)31-40(5,6)33-42(9,10)35-44(13,14)37-45(15,16)36-43(11,12)34-41(7,8)32-39(3,4)28-23-19-26(30)20-24-28/h17-24,29-30H,1-16H3. The first-order valence-electron chi connectivity index (χ1n) is 15.4. The Labute approximate surface area is 280 Å². The Kier molecular flexibility index (Phi) is 12.8.